The van der Waals surface area contributed by atoms with E-state index >= 15 is 0 Å². The number of fused-ring (bicyclic) bond motifs is 4. The molecule has 0 aliphatic carbocycles. The van der Waals surface area contributed by atoms with E-state index in [4.69, 9.17) is 9.47 Å². The summed E-state index contributed by atoms with van der Waals surface area (Å²) in [7, 11) is 0. The summed E-state index contributed by atoms with van der Waals surface area (Å²) in [6, 6.07) is 7.98. The maximum absolute atomic E-state index is 12.1. The Bertz CT molecular complexity index is 819. The number of hydrogen-bond donors (Lipinski definition) is 1. The fourth-order valence-electron chi connectivity index (χ4n) is 3.82. The highest BCUT2D eigenvalue weighted by Gasteiger charge is 2.46. The van der Waals surface area contributed by atoms with E-state index < -0.39 is 5.60 Å². The first-order valence-corrected chi connectivity index (χ1v) is 8.51. The van der Waals surface area contributed by atoms with Crippen LogP contribution < -0.4 is 4.74 Å². The first-order chi connectivity index (χ1) is 12.1. The van der Waals surface area contributed by atoms with Crippen LogP contribution in [0.5, 0.6) is 5.75 Å². The Morgan fingerprint density at radius 1 is 1.44 bits per heavy atom. The molecule has 1 saturated heterocycles. The van der Waals surface area contributed by atoms with E-state index in [9.17, 15) is 4.79 Å². The van der Waals surface area contributed by atoms with Crippen LogP contribution in [0.15, 0.2) is 36.9 Å². The molecule has 130 valence electrons. The molecule has 4 rings (SSSR count). The van der Waals surface area contributed by atoms with Crippen LogP contribution in [-0.4, -0.2) is 40.9 Å². The first kappa shape index (κ1) is 15.7. The van der Waals surface area contributed by atoms with Crippen LogP contribution in [0.25, 0.3) is 11.3 Å². The van der Waals surface area contributed by atoms with Gasteiger partial charge in [-0.15, -0.1) is 0 Å². The number of likely N-dealkylation sites (tertiary alicyclic amines) is 1. The largest absolute Gasteiger partial charge is 0.482 e. The van der Waals surface area contributed by atoms with Gasteiger partial charge in [-0.3, -0.25) is 5.10 Å². The summed E-state index contributed by atoms with van der Waals surface area (Å²) in [4.78, 5) is 13.8. The maximum Gasteiger partial charge on any atom is 0.410 e. The highest BCUT2D eigenvalue weighted by molar-refractivity contribution is 5.74. The smallest absolute Gasteiger partial charge is 0.410 e. The summed E-state index contributed by atoms with van der Waals surface area (Å²) >= 11 is 0. The predicted molar refractivity (Wildman–Crippen MR) is 93.4 cm³/mol. The highest BCUT2D eigenvalue weighted by Crippen LogP contribution is 2.49. The number of aryl methyl sites for hydroxylation is 1. The number of para-hydroxylation sites is 1. The fraction of sp³-hybridized carbons (Fsp3) is 0.368. The number of aromatic nitrogens is 2. The van der Waals surface area contributed by atoms with Crippen LogP contribution in [0.2, 0.25) is 0 Å². The molecule has 1 N–H and O–H groups in total. The van der Waals surface area contributed by atoms with Crippen molar-refractivity contribution in [3.05, 3.63) is 48.2 Å². The van der Waals surface area contributed by atoms with Crippen molar-refractivity contribution in [3.8, 4) is 17.0 Å². The van der Waals surface area contributed by atoms with Gasteiger partial charge >= 0.3 is 6.09 Å². The first-order valence-electron chi connectivity index (χ1n) is 8.51. The Kier molecular flexibility index (Phi) is 3.75. The van der Waals surface area contributed by atoms with Gasteiger partial charge in [0, 0.05) is 42.8 Å². The number of piperidine rings is 1. The normalized spacial score (nSPS) is 17.4. The second-order valence-corrected chi connectivity index (χ2v) is 6.52. The van der Waals surface area contributed by atoms with Gasteiger partial charge < -0.3 is 14.4 Å². The van der Waals surface area contributed by atoms with E-state index in [2.05, 4.69) is 16.8 Å². The van der Waals surface area contributed by atoms with E-state index in [1.165, 1.54) is 0 Å². The molecule has 2 aliphatic rings. The van der Waals surface area contributed by atoms with Crippen molar-refractivity contribution < 1.29 is 14.3 Å². The Labute approximate surface area is 146 Å². The van der Waals surface area contributed by atoms with Crippen molar-refractivity contribution in [1.82, 2.24) is 15.1 Å². The van der Waals surface area contributed by atoms with Gasteiger partial charge in [0.05, 0.1) is 0 Å². The van der Waals surface area contributed by atoms with Gasteiger partial charge in [-0.1, -0.05) is 24.8 Å². The Morgan fingerprint density at radius 2 is 2.20 bits per heavy atom. The van der Waals surface area contributed by atoms with Gasteiger partial charge in [0.25, 0.3) is 0 Å². The third-order valence-corrected chi connectivity index (χ3v) is 5.00. The molecule has 1 aromatic carbocycles. The minimum Gasteiger partial charge on any atom is -0.482 e. The summed E-state index contributed by atoms with van der Waals surface area (Å²) in [5.74, 6) is 0.851. The summed E-state index contributed by atoms with van der Waals surface area (Å²) in [6.07, 6.45) is 2.69. The van der Waals surface area contributed by atoms with Crippen molar-refractivity contribution >= 4 is 6.09 Å². The number of nitrogens with zero attached hydrogens (tertiary/aromatic N) is 2. The molecule has 1 fully saturated rings. The fourth-order valence-corrected chi connectivity index (χ4v) is 3.82. The lowest BCUT2D eigenvalue weighted by molar-refractivity contribution is -0.00472. The van der Waals surface area contributed by atoms with E-state index in [1.807, 2.05) is 31.2 Å². The predicted octanol–water partition coefficient (Wildman–Crippen LogP) is 3.39. The third kappa shape index (κ3) is 2.49. The van der Waals surface area contributed by atoms with Gasteiger partial charge in [-0.2, -0.15) is 5.10 Å². The minimum absolute atomic E-state index is 0.231. The van der Waals surface area contributed by atoms with Crippen LogP contribution in [0, 0.1) is 6.92 Å². The number of carbonyl (C=O) groups excluding carboxylic acids is 1. The Morgan fingerprint density at radius 3 is 2.96 bits per heavy atom. The number of carbonyl (C=O) groups is 1. The molecule has 0 unspecified atom stereocenters. The maximum atomic E-state index is 12.1. The van der Waals surface area contributed by atoms with Gasteiger partial charge in [0.1, 0.15) is 23.7 Å². The number of H-pyrrole nitrogens is 1. The Balaban J connectivity index is 1.63. The molecule has 0 saturated carbocycles. The molecule has 1 aromatic heterocycles. The molecular weight excluding hydrogens is 318 g/mol. The third-order valence-electron chi connectivity index (χ3n) is 5.00. The van der Waals surface area contributed by atoms with Crippen LogP contribution >= 0.6 is 0 Å². The number of amides is 1. The molecule has 6 heteroatoms. The molecular formula is C19H21N3O3. The van der Waals surface area contributed by atoms with E-state index in [0.29, 0.717) is 25.9 Å². The molecule has 1 amide bonds. The molecule has 2 aromatic rings. The van der Waals surface area contributed by atoms with Crippen molar-refractivity contribution in [2.24, 2.45) is 0 Å². The lowest BCUT2D eigenvalue weighted by Gasteiger charge is -2.44. The zero-order valence-electron chi connectivity index (χ0n) is 14.2. The molecule has 2 aliphatic heterocycles. The summed E-state index contributed by atoms with van der Waals surface area (Å²) < 4.78 is 11.6. The summed E-state index contributed by atoms with van der Waals surface area (Å²) in [6.45, 7) is 7.00. The van der Waals surface area contributed by atoms with Gasteiger partial charge in [0.2, 0.25) is 0 Å². The van der Waals surface area contributed by atoms with Crippen LogP contribution in [-0.2, 0) is 10.3 Å². The molecule has 0 atom stereocenters. The monoisotopic (exact) mass is 339 g/mol. The van der Waals surface area contributed by atoms with Crippen molar-refractivity contribution in [3.63, 3.8) is 0 Å². The van der Waals surface area contributed by atoms with Gasteiger partial charge in [0.15, 0.2) is 0 Å². The molecule has 0 radical (unpaired) electrons. The average Bonchev–Trinajstić information content (AvgIpc) is 3.03. The van der Waals surface area contributed by atoms with E-state index in [0.717, 1.165) is 28.3 Å². The van der Waals surface area contributed by atoms with Gasteiger partial charge in [-0.05, 0) is 19.1 Å². The molecule has 6 nitrogen and oxygen atoms in total. The highest BCUT2D eigenvalue weighted by atomic mass is 16.6. The second kappa shape index (κ2) is 5.95. The summed E-state index contributed by atoms with van der Waals surface area (Å²) in [5.41, 5.74) is 3.66. The quantitative estimate of drug-likeness (QED) is 0.852. The zero-order valence-corrected chi connectivity index (χ0v) is 14.2. The van der Waals surface area contributed by atoms with Crippen molar-refractivity contribution in [2.45, 2.75) is 25.4 Å². The van der Waals surface area contributed by atoms with Crippen molar-refractivity contribution in [1.29, 1.82) is 0 Å². The number of rotatable bonds is 2. The lowest BCUT2D eigenvalue weighted by atomic mass is 9.79. The second-order valence-electron chi connectivity index (χ2n) is 6.52. The van der Waals surface area contributed by atoms with Crippen LogP contribution in [0.1, 0.15) is 24.1 Å². The van der Waals surface area contributed by atoms with E-state index in [-0.39, 0.29) is 12.7 Å². The number of benzene rings is 1. The van der Waals surface area contributed by atoms with Crippen LogP contribution in [0.4, 0.5) is 4.79 Å². The average molecular weight is 339 g/mol. The Hall–Kier alpha value is -2.76. The SMILES string of the molecule is C=CCOC(=O)N1CCC2(CC1)Oc1ccccc1-c1n[nH]c(C)c12. The van der Waals surface area contributed by atoms with Crippen LogP contribution in [0.3, 0.4) is 0 Å². The molecule has 3 heterocycles. The number of ether oxygens (including phenoxy) is 2. The molecule has 1 spiro atoms. The lowest BCUT2D eigenvalue weighted by Crippen LogP contribution is -2.49. The number of nitrogens with one attached hydrogen (secondary N) is 1. The number of aromatic amines is 1. The number of hydrogen-bond acceptors (Lipinski definition) is 4. The topological polar surface area (TPSA) is 67.4 Å². The minimum atomic E-state index is -0.448. The summed E-state index contributed by atoms with van der Waals surface area (Å²) in [5, 5.41) is 7.63. The van der Waals surface area contributed by atoms with Gasteiger partial charge in [-0.25, -0.2) is 4.79 Å². The molecule has 0 bridgehead atoms. The standard InChI is InChI=1S/C19H21N3O3/c1-3-12-24-18(23)22-10-8-19(9-11-22)16-13(2)20-21-17(16)14-6-4-5-7-15(14)25-19/h3-7H,1,8-12H2,2H3,(H,20,21). The van der Waals surface area contributed by atoms with E-state index in [1.54, 1.807) is 11.0 Å². The molecule has 25 heavy (non-hydrogen) atoms. The van der Waals surface area contributed by atoms with Crippen molar-refractivity contribution in [2.75, 3.05) is 19.7 Å². The zero-order chi connectivity index (χ0) is 17.4.